The Morgan fingerprint density at radius 3 is 2.21 bits per heavy atom. The zero-order valence-electron chi connectivity index (χ0n) is 19.3. The van der Waals surface area contributed by atoms with Gasteiger partial charge in [-0.3, -0.25) is 14.9 Å². The molecule has 0 radical (unpaired) electrons. The minimum Gasteiger partial charge on any atom is -0.493 e. The van der Waals surface area contributed by atoms with Crippen molar-refractivity contribution in [1.29, 1.82) is 0 Å². The maximum Gasteiger partial charge on any atom is 0.338 e. The maximum absolute atomic E-state index is 12.5. The summed E-state index contributed by atoms with van der Waals surface area (Å²) in [6, 6.07) is 7.27. The third kappa shape index (κ3) is 5.66. The van der Waals surface area contributed by atoms with Crippen molar-refractivity contribution in [2.45, 2.75) is 19.3 Å². The molecule has 1 amide bonds. The van der Waals surface area contributed by atoms with E-state index in [0.29, 0.717) is 28.6 Å². The summed E-state index contributed by atoms with van der Waals surface area (Å²) in [6.45, 7) is 0.870. The van der Waals surface area contributed by atoms with E-state index in [1.807, 2.05) is 4.90 Å². The van der Waals surface area contributed by atoms with Crippen LogP contribution in [0, 0.1) is 10.1 Å². The molecular formula is C23H27N3O8. The molecule has 1 heterocycles. The fraction of sp³-hybridized carbons (Fsp3) is 0.391. The molecule has 2 aromatic carbocycles. The summed E-state index contributed by atoms with van der Waals surface area (Å²) in [5.41, 5.74) is 0.643. The Kier molecular flexibility index (Phi) is 8.12. The summed E-state index contributed by atoms with van der Waals surface area (Å²) in [5, 5.41) is 14.2. The molecule has 2 aromatic rings. The number of nitrogens with one attached hydrogen (secondary N) is 1. The quantitative estimate of drug-likeness (QED) is 0.331. The van der Waals surface area contributed by atoms with E-state index in [9.17, 15) is 19.7 Å². The van der Waals surface area contributed by atoms with Gasteiger partial charge in [-0.25, -0.2) is 4.79 Å². The van der Waals surface area contributed by atoms with Gasteiger partial charge in [-0.2, -0.15) is 0 Å². The highest BCUT2D eigenvalue weighted by Crippen LogP contribution is 2.40. The average Bonchev–Trinajstić information content (AvgIpc) is 2.86. The zero-order valence-corrected chi connectivity index (χ0v) is 19.3. The van der Waals surface area contributed by atoms with Crippen molar-refractivity contribution >= 4 is 28.9 Å². The molecule has 0 spiro atoms. The molecule has 11 heteroatoms. The first-order chi connectivity index (χ1) is 16.4. The highest BCUT2D eigenvalue weighted by molar-refractivity contribution is 5.96. The largest absolute Gasteiger partial charge is 0.493 e. The first-order valence-corrected chi connectivity index (χ1v) is 10.7. The van der Waals surface area contributed by atoms with Crippen LogP contribution in [0.1, 0.15) is 29.6 Å². The Bertz CT molecular complexity index is 1040. The minimum absolute atomic E-state index is 0.00644. The Balaban J connectivity index is 1.67. The fourth-order valence-electron chi connectivity index (χ4n) is 3.76. The summed E-state index contributed by atoms with van der Waals surface area (Å²) < 4.78 is 20.8. The Morgan fingerprint density at radius 1 is 1.00 bits per heavy atom. The van der Waals surface area contributed by atoms with Crippen LogP contribution in [0.2, 0.25) is 0 Å². The van der Waals surface area contributed by atoms with Gasteiger partial charge in [-0.1, -0.05) is 0 Å². The minimum atomic E-state index is -0.840. The van der Waals surface area contributed by atoms with Crippen LogP contribution in [0.3, 0.4) is 0 Å². The van der Waals surface area contributed by atoms with Crippen LogP contribution in [-0.2, 0) is 9.53 Å². The third-order valence-electron chi connectivity index (χ3n) is 5.39. The molecule has 0 bridgehead atoms. The van der Waals surface area contributed by atoms with E-state index in [2.05, 4.69) is 5.32 Å². The van der Waals surface area contributed by atoms with Crippen LogP contribution in [0.25, 0.3) is 0 Å². The monoisotopic (exact) mass is 473 g/mol. The van der Waals surface area contributed by atoms with Gasteiger partial charge in [0.25, 0.3) is 11.6 Å². The van der Waals surface area contributed by atoms with Crippen LogP contribution in [0.4, 0.5) is 17.1 Å². The summed E-state index contributed by atoms with van der Waals surface area (Å²) in [5.74, 6) is -0.398. The first kappa shape index (κ1) is 24.6. The van der Waals surface area contributed by atoms with Crippen LogP contribution in [-0.4, -0.2) is 57.8 Å². The molecule has 1 fully saturated rings. The SMILES string of the molecule is COc1cc(NC(=O)COC(=O)c2ccc(N3CCCCC3)c([N+](=O)[O-])c2)cc(OC)c1OC. The van der Waals surface area contributed by atoms with Crippen molar-refractivity contribution in [3.05, 3.63) is 46.0 Å². The molecule has 3 rings (SSSR count). The van der Waals surface area contributed by atoms with Crippen LogP contribution >= 0.6 is 0 Å². The van der Waals surface area contributed by atoms with Crippen molar-refractivity contribution in [2.75, 3.05) is 51.2 Å². The van der Waals surface area contributed by atoms with Crippen LogP contribution in [0.5, 0.6) is 17.2 Å². The molecular weight excluding hydrogens is 446 g/mol. The van der Waals surface area contributed by atoms with Crippen molar-refractivity contribution in [2.24, 2.45) is 0 Å². The molecule has 1 aliphatic rings. The van der Waals surface area contributed by atoms with Crippen molar-refractivity contribution in [3.63, 3.8) is 0 Å². The van der Waals surface area contributed by atoms with Gasteiger partial charge in [0.15, 0.2) is 18.1 Å². The van der Waals surface area contributed by atoms with Crippen molar-refractivity contribution in [1.82, 2.24) is 0 Å². The van der Waals surface area contributed by atoms with E-state index in [-0.39, 0.29) is 11.3 Å². The van der Waals surface area contributed by atoms with E-state index in [1.54, 1.807) is 6.07 Å². The highest BCUT2D eigenvalue weighted by Gasteiger charge is 2.24. The molecule has 34 heavy (non-hydrogen) atoms. The Morgan fingerprint density at radius 2 is 1.65 bits per heavy atom. The number of carbonyl (C=O) groups is 2. The van der Waals surface area contributed by atoms with E-state index < -0.39 is 23.4 Å². The number of anilines is 2. The second-order valence-corrected chi connectivity index (χ2v) is 7.55. The lowest BCUT2D eigenvalue weighted by atomic mass is 10.1. The van der Waals surface area contributed by atoms with Gasteiger partial charge in [0.05, 0.1) is 31.8 Å². The van der Waals surface area contributed by atoms with E-state index in [0.717, 1.165) is 32.4 Å². The number of ether oxygens (including phenoxy) is 4. The molecule has 0 saturated carbocycles. The predicted octanol–water partition coefficient (Wildman–Crippen LogP) is 3.41. The lowest BCUT2D eigenvalue weighted by Crippen LogP contribution is -2.30. The molecule has 0 atom stereocenters. The van der Waals surface area contributed by atoms with E-state index >= 15 is 0 Å². The lowest BCUT2D eigenvalue weighted by molar-refractivity contribution is -0.384. The number of nitrogens with zero attached hydrogens (tertiary/aromatic N) is 2. The number of carbonyl (C=O) groups excluding carboxylic acids is 2. The zero-order chi connectivity index (χ0) is 24.7. The highest BCUT2D eigenvalue weighted by atomic mass is 16.6. The van der Waals surface area contributed by atoms with Crippen LogP contribution < -0.4 is 24.4 Å². The van der Waals surface area contributed by atoms with Gasteiger partial charge in [-0.15, -0.1) is 0 Å². The van der Waals surface area contributed by atoms with E-state index in [4.69, 9.17) is 18.9 Å². The molecule has 0 unspecified atom stereocenters. The predicted molar refractivity (Wildman–Crippen MR) is 124 cm³/mol. The summed E-state index contributed by atoms with van der Waals surface area (Å²) >= 11 is 0. The van der Waals surface area contributed by atoms with Crippen molar-refractivity contribution < 1.29 is 33.5 Å². The number of methoxy groups -OCH3 is 3. The number of rotatable bonds is 9. The van der Waals surface area contributed by atoms with Gasteiger partial charge >= 0.3 is 5.97 Å². The number of nitro benzene ring substituents is 1. The van der Waals surface area contributed by atoms with Gasteiger partial charge in [-0.05, 0) is 31.4 Å². The first-order valence-electron chi connectivity index (χ1n) is 10.7. The number of piperidine rings is 1. The molecule has 1 N–H and O–H groups in total. The van der Waals surface area contributed by atoms with Gasteiger partial charge in [0.2, 0.25) is 5.75 Å². The topological polar surface area (TPSA) is 129 Å². The molecule has 0 aromatic heterocycles. The lowest BCUT2D eigenvalue weighted by Gasteiger charge is -2.28. The standard InChI is InChI=1S/C23H27N3O8/c1-31-19-12-16(13-20(32-2)22(19)33-3)24-21(27)14-34-23(28)15-7-8-17(18(11-15)26(29)30)25-9-5-4-6-10-25/h7-8,11-13H,4-6,9-10,14H2,1-3H3,(H,24,27). The third-order valence-corrected chi connectivity index (χ3v) is 5.39. The molecule has 1 saturated heterocycles. The second-order valence-electron chi connectivity index (χ2n) is 7.55. The number of hydrogen-bond acceptors (Lipinski definition) is 9. The smallest absolute Gasteiger partial charge is 0.338 e. The Labute approximate surface area is 196 Å². The average molecular weight is 473 g/mol. The number of hydrogen-bond donors (Lipinski definition) is 1. The second kappa shape index (κ2) is 11.2. The van der Waals surface area contributed by atoms with Gasteiger partial charge in [0, 0.05) is 37.0 Å². The molecule has 182 valence electrons. The number of benzene rings is 2. The van der Waals surface area contributed by atoms with Crippen LogP contribution in [0.15, 0.2) is 30.3 Å². The normalized spacial score (nSPS) is 13.1. The summed E-state index contributed by atoms with van der Waals surface area (Å²) in [7, 11) is 4.35. The number of amides is 1. The van der Waals surface area contributed by atoms with Gasteiger partial charge in [0.1, 0.15) is 5.69 Å². The fourth-order valence-corrected chi connectivity index (χ4v) is 3.76. The molecule has 0 aliphatic carbocycles. The van der Waals surface area contributed by atoms with E-state index in [1.165, 1.54) is 45.6 Å². The number of nitro groups is 1. The summed E-state index contributed by atoms with van der Waals surface area (Å²) in [6.07, 6.45) is 3.01. The summed E-state index contributed by atoms with van der Waals surface area (Å²) in [4.78, 5) is 37.8. The number of esters is 1. The van der Waals surface area contributed by atoms with Crippen molar-refractivity contribution in [3.8, 4) is 17.2 Å². The van der Waals surface area contributed by atoms with Gasteiger partial charge < -0.3 is 29.2 Å². The molecule has 1 aliphatic heterocycles. The molecule has 11 nitrogen and oxygen atoms in total. The Hall–Kier alpha value is -4.02. The maximum atomic E-state index is 12.5.